The molecule has 1 heterocycles. The molecule has 0 bridgehead atoms. The molecule has 0 saturated heterocycles. The minimum Gasteiger partial charge on any atom is -0.466 e. The Morgan fingerprint density at radius 1 is 1.45 bits per heavy atom. The molecule has 20 heavy (non-hydrogen) atoms. The summed E-state index contributed by atoms with van der Waals surface area (Å²) in [4.78, 5) is 15.4. The number of nitrogens with zero attached hydrogens (tertiary/aromatic N) is 2. The number of esters is 1. The molecule has 0 aliphatic heterocycles. The van der Waals surface area contributed by atoms with Crippen molar-refractivity contribution in [2.45, 2.75) is 25.8 Å². The van der Waals surface area contributed by atoms with Crippen LogP contribution in [0.25, 0.3) is 11.0 Å². The molecule has 0 spiro atoms. The fraction of sp³-hybridized carbons (Fsp3) is 0.385. The lowest BCUT2D eigenvalue weighted by atomic mass is 10.3. The van der Waals surface area contributed by atoms with Gasteiger partial charge in [0.25, 0.3) is 0 Å². The van der Waals surface area contributed by atoms with Crippen molar-refractivity contribution in [1.82, 2.24) is 9.55 Å². The summed E-state index contributed by atoms with van der Waals surface area (Å²) in [7, 11) is 0. The quantitative estimate of drug-likeness (QED) is 0.630. The molecule has 1 aromatic heterocycles. The third-order valence-corrected chi connectivity index (χ3v) is 3.05. The molecule has 0 aliphatic carbocycles. The normalized spacial score (nSPS) is 11.0. The molecule has 108 valence electrons. The van der Waals surface area contributed by atoms with Crippen molar-refractivity contribution in [3.05, 3.63) is 29.6 Å². The average molecular weight is 303 g/mol. The Balaban J connectivity index is 2.37. The Bertz CT molecular complexity index is 643. The van der Waals surface area contributed by atoms with E-state index in [4.69, 9.17) is 16.3 Å². The van der Waals surface area contributed by atoms with E-state index >= 15 is 0 Å². The van der Waals surface area contributed by atoms with Gasteiger partial charge < -0.3 is 9.30 Å². The molecule has 0 radical (unpaired) electrons. The molecule has 0 atom stereocenters. The number of rotatable bonds is 5. The predicted octanol–water partition coefficient (Wildman–Crippen LogP) is 3.01. The first-order valence-corrected chi connectivity index (χ1v) is 6.66. The van der Waals surface area contributed by atoms with Gasteiger partial charge in [0.1, 0.15) is 17.2 Å². The second kappa shape index (κ2) is 6.17. The number of aromatic nitrogens is 2. The molecule has 0 unspecified atom stereocenters. The van der Waals surface area contributed by atoms with Crippen LogP contribution in [0.15, 0.2) is 12.1 Å². The summed E-state index contributed by atoms with van der Waals surface area (Å²) >= 11 is 5.76. The number of aryl methyl sites for hydroxylation is 1. The van der Waals surface area contributed by atoms with E-state index in [0.29, 0.717) is 5.82 Å². The minimum absolute atomic E-state index is 0.0402. The van der Waals surface area contributed by atoms with Crippen molar-refractivity contribution in [3.8, 4) is 0 Å². The SMILES string of the molecule is CCOC(=O)CCn1c(CCl)nc2c(F)cc(F)cc21. The molecule has 0 saturated carbocycles. The third-order valence-electron chi connectivity index (χ3n) is 2.82. The number of carbonyl (C=O) groups is 1. The van der Waals surface area contributed by atoms with Crippen LogP contribution in [-0.4, -0.2) is 22.1 Å². The van der Waals surface area contributed by atoms with Gasteiger partial charge in [-0.2, -0.15) is 0 Å². The predicted molar refractivity (Wildman–Crippen MR) is 70.5 cm³/mol. The van der Waals surface area contributed by atoms with Gasteiger partial charge in [0.2, 0.25) is 0 Å². The molecule has 4 nitrogen and oxygen atoms in total. The lowest BCUT2D eigenvalue weighted by Gasteiger charge is -2.07. The molecule has 2 aromatic rings. The maximum absolute atomic E-state index is 13.6. The summed E-state index contributed by atoms with van der Waals surface area (Å²) in [6.07, 6.45) is 0.0846. The zero-order chi connectivity index (χ0) is 14.7. The van der Waals surface area contributed by atoms with Crippen LogP contribution < -0.4 is 0 Å². The molecule has 1 aromatic carbocycles. The van der Waals surface area contributed by atoms with Crippen LogP contribution in [0.3, 0.4) is 0 Å². The Labute approximate surface area is 119 Å². The van der Waals surface area contributed by atoms with E-state index in [9.17, 15) is 13.6 Å². The smallest absolute Gasteiger partial charge is 0.307 e. The highest BCUT2D eigenvalue weighted by molar-refractivity contribution is 6.16. The molecule has 0 N–H and O–H groups in total. The number of benzene rings is 1. The summed E-state index contributed by atoms with van der Waals surface area (Å²) in [6, 6.07) is 1.94. The van der Waals surface area contributed by atoms with Crippen molar-refractivity contribution in [2.75, 3.05) is 6.61 Å². The Morgan fingerprint density at radius 2 is 2.20 bits per heavy atom. The van der Waals surface area contributed by atoms with E-state index in [2.05, 4.69) is 4.98 Å². The van der Waals surface area contributed by atoms with Gasteiger partial charge in [-0.15, -0.1) is 11.6 Å². The molecule has 0 fully saturated rings. The zero-order valence-electron chi connectivity index (χ0n) is 10.8. The van der Waals surface area contributed by atoms with E-state index in [1.165, 1.54) is 10.6 Å². The van der Waals surface area contributed by atoms with Gasteiger partial charge in [-0.05, 0) is 13.0 Å². The monoisotopic (exact) mass is 302 g/mol. The van der Waals surface area contributed by atoms with E-state index in [0.717, 1.165) is 6.07 Å². The van der Waals surface area contributed by atoms with Gasteiger partial charge in [0.05, 0.1) is 24.4 Å². The number of hydrogen-bond acceptors (Lipinski definition) is 3. The van der Waals surface area contributed by atoms with E-state index < -0.39 is 11.6 Å². The van der Waals surface area contributed by atoms with Crippen LogP contribution in [-0.2, 0) is 22.0 Å². The maximum atomic E-state index is 13.6. The van der Waals surface area contributed by atoms with E-state index in [-0.39, 0.29) is 42.5 Å². The van der Waals surface area contributed by atoms with E-state index in [1.54, 1.807) is 6.92 Å². The first-order valence-electron chi connectivity index (χ1n) is 6.12. The van der Waals surface area contributed by atoms with Crippen LogP contribution in [0.2, 0.25) is 0 Å². The van der Waals surface area contributed by atoms with Crippen LogP contribution in [0.5, 0.6) is 0 Å². The third kappa shape index (κ3) is 2.90. The highest BCUT2D eigenvalue weighted by Crippen LogP contribution is 2.22. The molecular weight excluding hydrogens is 290 g/mol. The van der Waals surface area contributed by atoms with Crippen LogP contribution in [0.1, 0.15) is 19.2 Å². The lowest BCUT2D eigenvalue weighted by Crippen LogP contribution is -2.10. The number of alkyl halides is 1. The summed E-state index contributed by atoms with van der Waals surface area (Å²) in [5, 5.41) is 0. The molecule has 0 aliphatic rings. The second-order valence-electron chi connectivity index (χ2n) is 4.12. The highest BCUT2D eigenvalue weighted by atomic mass is 35.5. The van der Waals surface area contributed by atoms with Gasteiger partial charge in [0, 0.05) is 12.6 Å². The van der Waals surface area contributed by atoms with Gasteiger partial charge in [-0.25, -0.2) is 13.8 Å². The van der Waals surface area contributed by atoms with Crippen molar-refractivity contribution in [1.29, 1.82) is 0 Å². The Hall–Kier alpha value is -1.69. The Kier molecular flexibility index (Phi) is 4.54. The largest absolute Gasteiger partial charge is 0.466 e. The number of halogens is 3. The van der Waals surface area contributed by atoms with Gasteiger partial charge in [0.15, 0.2) is 5.82 Å². The van der Waals surface area contributed by atoms with Crippen molar-refractivity contribution in [2.24, 2.45) is 0 Å². The highest BCUT2D eigenvalue weighted by Gasteiger charge is 2.16. The maximum Gasteiger partial charge on any atom is 0.307 e. The topological polar surface area (TPSA) is 44.1 Å². The molecule has 2 rings (SSSR count). The Morgan fingerprint density at radius 3 is 2.85 bits per heavy atom. The van der Waals surface area contributed by atoms with Crippen LogP contribution in [0.4, 0.5) is 8.78 Å². The van der Waals surface area contributed by atoms with Crippen molar-refractivity contribution >= 4 is 28.6 Å². The number of ether oxygens (including phenoxy) is 1. The van der Waals surface area contributed by atoms with E-state index in [1.807, 2.05) is 0 Å². The van der Waals surface area contributed by atoms with Crippen LogP contribution >= 0.6 is 11.6 Å². The van der Waals surface area contributed by atoms with Gasteiger partial charge in [-0.3, -0.25) is 4.79 Å². The zero-order valence-corrected chi connectivity index (χ0v) is 11.6. The molecule has 0 amide bonds. The number of fused-ring (bicyclic) bond motifs is 1. The number of hydrogen-bond donors (Lipinski definition) is 0. The second-order valence-corrected chi connectivity index (χ2v) is 4.39. The molecule has 7 heteroatoms. The number of carbonyl (C=O) groups excluding carboxylic acids is 1. The lowest BCUT2D eigenvalue weighted by molar-refractivity contribution is -0.143. The first kappa shape index (κ1) is 14.7. The van der Waals surface area contributed by atoms with Gasteiger partial charge >= 0.3 is 5.97 Å². The van der Waals surface area contributed by atoms with Crippen molar-refractivity contribution in [3.63, 3.8) is 0 Å². The summed E-state index contributed by atoms with van der Waals surface area (Å²) in [6.45, 7) is 2.20. The average Bonchev–Trinajstić information content (AvgIpc) is 2.75. The van der Waals surface area contributed by atoms with Crippen LogP contribution in [0, 0.1) is 11.6 Å². The van der Waals surface area contributed by atoms with Gasteiger partial charge in [-0.1, -0.05) is 0 Å². The number of imidazole rings is 1. The summed E-state index contributed by atoms with van der Waals surface area (Å²) < 4.78 is 33.3. The fourth-order valence-electron chi connectivity index (χ4n) is 1.99. The fourth-order valence-corrected chi connectivity index (χ4v) is 2.19. The first-order chi connectivity index (χ1) is 9.56. The summed E-state index contributed by atoms with van der Waals surface area (Å²) in [5.41, 5.74) is 0.327. The summed E-state index contributed by atoms with van der Waals surface area (Å²) in [5.74, 6) is -1.41. The standard InChI is InChI=1S/C13H13ClF2N2O2/c1-2-20-12(19)3-4-18-10-6-8(15)5-9(16)13(10)17-11(18)7-14/h5-6H,2-4,7H2,1H3. The minimum atomic E-state index is -0.749. The molecular formula is C13H13ClF2N2O2. The van der Waals surface area contributed by atoms with Crippen molar-refractivity contribution < 1.29 is 18.3 Å².